The zero-order valence-electron chi connectivity index (χ0n) is 14.9. The van der Waals surface area contributed by atoms with Crippen LogP contribution in [0, 0.1) is 0 Å². The fourth-order valence-electron chi connectivity index (χ4n) is 2.32. The fourth-order valence-corrected chi connectivity index (χ4v) is 2.32. The van der Waals surface area contributed by atoms with Gasteiger partial charge in [-0.2, -0.15) is 0 Å². The number of carbonyl (C=O) groups excluding carboxylic acids is 2. The molecule has 7 nitrogen and oxygen atoms in total. The van der Waals surface area contributed by atoms with Crippen molar-refractivity contribution in [3.8, 4) is 0 Å². The normalized spacial score (nSPS) is 11.6. The summed E-state index contributed by atoms with van der Waals surface area (Å²) < 4.78 is 0. The molecule has 2 aromatic rings. The molecule has 1 heterocycles. The molecule has 0 aliphatic carbocycles. The number of pyridine rings is 1. The minimum Gasteiger partial charge on any atom is -0.324 e. The summed E-state index contributed by atoms with van der Waals surface area (Å²) in [7, 11) is 0. The Kier molecular flexibility index (Phi) is 7.73. The second-order valence-corrected chi connectivity index (χ2v) is 5.95. The molecular weight excluding hydrogens is 330 g/mol. The van der Waals surface area contributed by atoms with E-state index in [2.05, 4.69) is 28.1 Å². The molecule has 2 rings (SSSR count). The van der Waals surface area contributed by atoms with Gasteiger partial charge in [-0.05, 0) is 36.2 Å². The number of amides is 2. The van der Waals surface area contributed by atoms with Crippen molar-refractivity contribution in [2.45, 2.75) is 32.2 Å². The van der Waals surface area contributed by atoms with E-state index in [0.717, 1.165) is 24.9 Å². The molecule has 0 aliphatic rings. The van der Waals surface area contributed by atoms with Crippen LogP contribution in [0.4, 0.5) is 5.69 Å². The molecule has 0 radical (unpaired) electrons. The molecule has 0 aliphatic heterocycles. The summed E-state index contributed by atoms with van der Waals surface area (Å²) >= 11 is 0. The van der Waals surface area contributed by atoms with Crippen molar-refractivity contribution in [3.05, 3.63) is 59.9 Å². The van der Waals surface area contributed by atoms with Crippen molar-refractivity contribution in [2.24, 2.45) is 5.73 Å². The van der Waals surface area contributed by atoms with Crippen LogP contribution in [-0.2, 0) is 4.79 Å². The average Bonchev–Trinajstić information content (AvgIpc) is 2.66. The quantitative estimate of drug-likeness (QED) is 0.407. The van der Waals surface area contributed by atoms with Crippen molar-refractivity contribution in [1.82, 2.24) is 15.8 Å². The van der Waals surface area contributed by atoms with Crippen molar-refractivity contribution in [1.29, 1.82) is 0 Å². The van der Waals surface area contributed by atoms with Gasteiger partial charge in [0, 0.05) is 42.7 Å². The first-order valence-electron chi connectivity index (χ1n) is 8.68. The lowest BCUT2D eigenvalue weighted by atomic mass is 10.0. The van der Waals surface area contributed by atoms with E-state index in [1.807, 2.05) is 0 Å². The number of hydrogen-bond donors (Lipinski definition) is 4. The maximum absolute atomic E-state index is 12.2. The van der Waals surface area contributed by atoms with Gasteiger partial charge in [-0.25, -0.2) is 5.43 Å². The maximum atomic E-state index is 12.2. The third-order valence-electron chi connectivity index (χ3n) is 3.83. The Morgan fingerprint density at radius 3 is 2.46 bits per heavy atom. The van der Waals surface area contributed by atoms with E-state index < -0.39 is 6.04 Å². The molecule has 7 heteroatoms. The standard InChI is InChI=1S/C19H25N5O2/c1-2-3-10-22-24-18(25)13-17(20)14-4-6-15(7-5-14)19(26)23-16-8-11-21-12-9-16/h4-9,11-12,17,22H,2-3,10,13,20H2,1H3,(H,24,25)(H,21,23,26). The van der Waals surface area contributed by atoms with Crippen LogP contribution in [0.15, 0.2) is 48.8 Å². The molecule has 0 bridgehead atoms. The number of aromatic nitrogens is 1. The van der Waals surface area contributed by atoms with E-state index in [9.17, 15) is 9.59 Å². The molecule has 0 fully saturated rings. The van der Waals surface area contributed by atoms with E-state index in [-0.39, 0.29) is 18.2 Å². The largest absolute Gasteiger partial charge is 0.324 e. The highest BCUT2D eigenvalue weighted by molar-refractivity contribution is 6.04. The minimum absolute atomic E-state index is 0.159. The van der Waals surface area contributed by atoms with Gasteiger partial charge < -0.3 is 11.1 Å². The first-order valence-corrected chi connectivity index (χ1v) is 8.68. The van der Waals surface area contributed by atoms with Gasteiger partial charge in [-0.3, -0.25) is 20.0 Å². The minimum atomic E-state index is -0.430. The number of rotatable bonds is 9. The number of benzene rings is 1. The number of hydrazine groups is 1. The molecule has 0 saturated carbocycles. The number of unbranched alkanes of at least 4 members (excludes halogenated alkanes) is 1. The Bertz CT molecular complexity index is 704. The predicted octanol–water partition coefficient (Wildman–Crippen LogP) is 2.14. The molecule has 26 heavy (non-hydrogen) atoms. The Morgan fingerprint density at radius 1 is 1.12 bits per heavy atom. The highest BCUT2D eigenvalue weighted by atomic mass is 16.2. The summed E-state index contributed by atoms with van der Waals surface area (Å²) in [6, 6.07) is 9.94. The summed E-state index contributed by atoms with van der Waals surface area (Å²) in [6.45, 7) is 2.82. The van der Waals surface area contributed by atoms with Gasteiger partial charge in [-0.1, -0.05) is 25.5 Å². The number of nitrogens with two attached hydrogens (primary N) is 1. The van der Waals surface area contributed by atoms with Gasteiger partial charge in [0.1, 0.15) is 0 Å². The molecule has 0 saturated heterocycles. The van der Waals surface area contributed by atoms with Gasteiger partial charge in [0.15, 0.2) is 0 Å². The Hall–Kier alpha value is -2.77. The third kappa shape index (κ3) is 6.27. The van der Waals surface area contributed by atoms with Crippen LogP contribution < -0.4 is 21.9 Å². The second kappa shape index (κ2) is 10.3. The fraction of sp³-hybridized carbons (Fsp3) is 0.316. The van der Waals surface area contributed by atoms with Crippen LogP contribution in [0.3, 0.4) is 0 Å². The van der Waals surface area contributed by atoms with Crippen LogP contribution in [-0.4, -0.2) is 23.3 Å². The molecule has 1 unspecified atom stereocenters. The first-order chi connectivity index (χ1) is 12.6. The van der Waals surface area contributed by atoms with E-state index in [0.29, 0.717) is 11.3 Å². The monoisotopic (exact) mass is 355 g/mol. The summed E-state index contributed by atoms with van der Waals surface area (Å²) in [5.74, 6) is -0.373. The highest BCUT2D eigenvalue weighted by Crippen LogP contribution is 2.16. The van der Waals surface area contributed by atoms with Gasteiger partial charge >= 0.3 is 0 Å². The Morgan fingerprint density at radius 2 is 1.81 bits per heavy atom. The predicted molar refractivity (Wildman–Crippen MR) is 101 cm³/mol. The molecule has 1 atom stereocenters. The van der Waals surface area contributed by atoms with E-state index in [1.165, 1.54) is 0 Å². The summed E-state index contributed by atoms with van der Waals surface area (Å²) in [5, 5.41) is 2.79. The average molecular weight is 355 g/mol. The number of nitrogens with zero attached hydrogens (tertiary/aromatic N) is 1. The highest BCUT2D eigenvalue weighted by Gasteiger charge is 2.13. The lowest BCUT2D eigenvalue weighted by Crippen LogP contribution is -2.39. The van der Waals surface area contributed by atoms with Gasteiger partial charge in [0.05, 0.1) is 0 Å². The second-order valence-electron chi connectivity index (χ2n) is 5.95. The molecule has 5 N–H and O–H groups in total. The first kappa shape index (κ1) is 19.6. The molecule has 138 valence electrons. The number of carbonyl (C=O) groups is 2. The molecule has 1 aromatic carbocycles. The van der Waals surface area contributed by atoms with Crippen LogP contribution in [0.2, 0.25) is 0 Å². The van der Waals surface area contributed by atoms with Crippen LogP contribution in [0.5, 0.6) is 0 Å². The topological polar surface area (TPSA) is 109 Å². The van der Waals surface area contributed by atoms with Crippen molar-refractivity contribution in [2.75, 3.05) is 11.9 Å². The van der Waals surface area contributed by atoms with Crippen molar-refractivity contribution < 1.29 is 9.59 Å². The van der Waals surface area contributed by atoms with E-state index in [4.69, 9.17) is 5.73 Å². The van der Waals surface area contributed by atoms with Gasteiger partial charge in [-0.15, -0.1) is 0 Å². The molecule has 1 aromatic heterocycles. The lowest BCUT2D eigenvalue weighted by Gasteiger charge is -2.13. The van der Waals surface area contributed by atoms with E-state index in [1.54, 1.807) is 48.8 Å². The smallest absolute Gasteiger partial charge is 0.255 e. The number of anilines is 1. The molecule has 2 amide bonds. The van der Waals surface area contributed by atoms with Gasteiger partial charge in [0.2, 0.25) is 5.91 Å². The Balaban J connectivity index is 1.85. The van der Waals surface area contributed by atoms with Crippen molar-refractivity contribution in [3.63, 3.8) is 0 Å². The summed E-state index contributed by atoms with van der Waals surface area (Å²) in [6.07, 6.45) is 5.44. The van der Waals surface area contributed by atoms with Crippen LogP contribution >= 0.6 is 0 Å². The summed E-state index contributed by atoms with van der Waals surface area (Å²) in [5.41, 5.74) is 13.6. The van der Waals surface area contributed by atoms with Gasteiger partial charge in [0.25, 0.3) is 5.91 Å². The molecule has 0 spiro atoms. The summed E-state index contributed by atoms with van der Waals surface area (Å²) in [4.78, 5) is 28.0. The lowest BCUT2D eigenvalue weighted by molar-refractivity contribution is -0.122. The number of nitrogens with one attached hydrogen (secondary N) is 3. The van der Waals surface area contributed by atoms with Crippen LogP contribution in [0.25, 0.3) is 0 Å². The SMILES string of the molecule is CCCCNNC(=O)CC(N)c1ccc(C(=O)Nc2ccncc2)cc1. The van der Waals surface area contributed by atoms with Crippen molar-refractivity contribution >= 4 is 17.5 Å². The van der Waals surface area contributed by atoms with E-state index >= 15 is 0 Å². The zero-order valence-corrected chi connectivity index (χ0v) is 14.9. The number of hydrogen-bond acceptors (Lipinski definition) is 5. The maximum Gasteiger partial charge on any atom is 0.255 e. The molecular formula is C19H25N5O2. The van der Waals surface area contributed by atoms with Crippen LogP contribution in [0.1, 0.15) is 48.1 Å². The Labute approximate surface area is 153 Å². The third-order valence-corrected chi connectivity index (χ3v) is 3.83. The zero-order chi connectivity index (χ0) is 18.8.